The molecule has 0 spiro atoms. The number of halogens is 7. The highest BCUT2D eigenvalue weighted by atomic mass is 19.4. The van der Waals surface area contributed by atoms with E-state index in [2.05, 4.69) is 15.2 Å². The highest BCUT2D eigenvalue weighted by Crippen LogP contribution is 2.36. The minimum absolute atomic E-state index is 0.129. The number of anilines is 1. The molecule has 2 atom stereocenters. The largest absolute Gasteiger partial charge is 0.497 e. The van der Waals surface area contributed by atoms with E-state index >= 15 is 8.78 Å². The van der Waals surface area contributed by atoms with Crippen molar-refractivity contribution < 1.29 is 49.8 Å². The van der Waals surface area contributed by atoms with Crippen LogP contribution in [0.4, 0.5) is 36.4 Å². The molecule has 1 aromatic heterocycles. The van der Waals surface area contributed by atoms with Crippen LogP contribution in [0.15, 0.2) is 53.5 Å². The zero-order valence-corrected chi connectivity index (χ0v) is 21.5. The number of hydrogen-bond donors (Lipinski definition) is 1. The molecule has 2 amide bonds. The van der Waals surface area contributed by atoms with Gasteiger partial charge >= 0.3 is 12.8 Å². The normalized spacial score (nSPS) is 17.1. The molecule has 1 aliphatic rings. The van der Waals surface area contributed by atoms with Crippen molar-refractivity contribution in [1.29, 1.82) is 0 Å². The molecule has 1 saturated heterocycles. The number of alkyl halides is 5. The lowest BCUT2D eigenvalue weighted by Crippen LogP contribution is -2.44. The third kappa shape index (κ3) is 6.63. The van der Waals surface area contributed by atoms with Crippen LogP contribution in [-0.4, -0.2) is 54.1 Å². The van der Waals surface area contributed by atoms with Crippen LogP contribution in [0, 0.1) is 11.6 Å². The minimum Gasteiger partial charge on any atom is -0.497 e. The molecule has 224 valence electrons. The van der Waals surface area contributed by atoms with Crippen molar-refractivity contribution >= 4 is 17.5 Å². The van der Waals surface area contributed by atoms with Gasteiger partial charge in [-0.3, -0.25) is 14.4 Å². The maximum atomic E-state index is 15.1. The van der Waals surface area contributed by atoms with Gasteiger partial charge in [-0.25, -0.2) is 13.5 Å². The molecule has 1 aliphatic heterocycles. The standard InChI is InChI=1S/C26H21F7N4O5/c1-41-15-10-17(27)20(18(28)11-15)16-12-36(19-6-8-34-37(23(19)39)9-7-26(31,32)33)24(40)21(16)35-22(38)13-2-4-14(5-3-13)42-25(29)30/h2-6,8,10-11,16,21,25H,7,9,12H2,1H3,(H,35,38)/t16-,21-/m0/s1. The quantitative estimate of drug-likeness (QED) is 0.372. The molecule has 4 rings (SSSR count). The summed E-state index contributed by atoms with van der Waals surface area (Å²) in [5, 5.41) is 5.96. The van der Waals surface area contributed by atoms with Gasteiger partial charge in [0.25, 0.3) is 11.5 Å². The summed E-state index contributed by atoms with van der Waals surface area (Å²) in [7, 11) is 1.17. The van der Waals surface area contributed by atoms with Gasteiger partial charge in [-0.1, -0.05) is 0 Å². The van der Waals surface area contributed by atoms with Gasteiger partial charge in [0, 0.05) is 41.9 Å². The number of benzene rings is 2. The Hall–Kier alpha value is -4.63. The summed E-state index contributed by atoms with van der Waals surface area (Å²) < 4.78 is 103. The Balaban J connectivity index is 1.70. The first kappa shape index (κ1) is 30.3. The van der Waals surface area contributed by atoms with Crippen molar-refractivity contribution in [3.8, 4) is 11.5 Å². The Kier molecular flexibility index (Phi) is 8.72. The molecule has 0 saturated carbocycles. The number of amides is 2. The van der Waals surface area contributed by atoms with Gasteiger partial charge in [0.1, 0.15) is 34.9 Å². The Morgan fingerprint density at radius 3 is 2.29 bits per heavy atom. The van der Waals surface area contributed by atoms with E-state index in [0.29, 0.717) is 4.68 Å². The lowest BCUT2D eigenvalue weighted by molar-refractivity contribution is -0.137. The molecule has 0 radical (unpaired) electrons. The van der Waals surface area contributed by atoms with Gasteiger partial charge in [-0.15, -0.1) is 0 Å². The summed E-state index contributed by atoms with van der Waals surface area (Å²) >= 11 is 0. The van der Waals surface area contributed by atoms with E-state index in [-0.39, 0.29) is 17.1 Å². The number of nitrogens with zero attached hydrogens (tertiary/aromatic N) is 3. The molecule has 0 bridgehead atoms. The van der Waals surface area contributed by atoms with E-state index in [1.807, 2.05) is 0 Å². The molecule has 0 unspecified atom stereocenters. The lowest BCUT2D eigenvalue weighted by atomic mass is 9.92. The predicted molar refractivity (Wildman–Crippen MR) is 132 cm³/mol. The van der Waals surface area contributed by atoms with E-state index < -0.39 is 84.5 Å². The fourth-order valence-electron chi connectivity index (χ4n) is 4.45. The van der Waals surface area contributed by atoms with Crippen molar-refractivity contribution in [1.82, 2.24) is 15.1 Å². The third-order valence-electron chi connectivity index (χ3n) is 6.39. The van der Waals surface area contributed by atoms with Gasteiger partial charge in [0.15, 0.2) is 0 Å². The number of aromatic nitrogens is 2. The monoisotopic (exact) mass is 602 g/mol. The van der Waals surface area contributed by atoms with E-state index in [1.54, 1.807) is 0 Å². The molecule has 2 heterocycles. The minimum atomic E-state index is -4.60. The van der Waals surface area contributed by atoms with E-state index in [4.69, 9.17) is 4.74 Å². The molecule has 2 aromatic carbocycles. The molecule has 0 aliphatic carbocycles. The fraction of sp³-hybridized carbons (Fsp3) is 0.308. The summed E-state index contributed by atoms with van der Waals surface area (Å²) in [6, 6.07) is 5.42. The zero-order valence-electron chi connectivity index (χ0n) is 21.5. The number of carbonyl (C=O) groups excluding carboxylic acids is 2. The maximum absolute atomic E-state index is 15.1. The molecule has 42 heavy (non-hydrogen) atoms. The zero-order chi connectivity index (χ0) is 30.8. The summed E-state index contributed by atoms with van der Waals surface area (Å²) in [6.45, 7) is -4.52. The highest BCUT2D eigenvalue weighted by Gasteiger charge is 2.46. The van der Waals surface area contributed by atoms with Gasteiger partial charge in [0.2, 0.25) is 5.91 Å². The van der Waals surface area contributed by atoms with Crippen LogP contribution in [0.25, 0.3) is 0 Å². The van der Waals surface area contributed by atoms with Gasteiger partial charge in [-0.05, 0) is 30.3 Å². The van der Waals surface area contributed by atoms with Crippen LogP contribution < -0.4 is 25.2 Å². The van der Waals surface area contributed by atoms with Gasteiger partial charge < -0.3 is 19.7 Å². The van der Waals surface area contributed by atoms with Crippen LogP contribution in [0.1, 0.15) is 28.3 Å². The van der Waals surface area contributed by atoms with E-state index in [9.17, 15) is 36.3 Å². The summed E-state index contributed by atoms with van der Waals surface area (Å²) in [4.78, 5) is 40.3. The van der Waals surface area contributed by atoms with Crippen molar-refractivity contribution in [2.75, 3.05) is 18.6 Å². The van der Waals surface area contributed by atoms with Crippen LogP contribution in [-0.2, 0) is 11.3 Å². The predicted octanol–water partition coefficient (Wildman–Crippen LogP) is 4.01. The van der Waals surface area contributed by atoms with Crippen molar-refractivity contribution in [2.45, 2.75) is 37.7 Å². The maximum Gasteiger partial charge on any atom is 0.390 e. The number of aryl methyl sites for hydroxylation is 1. The smallest absolute Gasteiger partial charge is 0.390 e. The van der Waals surface area contributed by atoms with Gasteiger partial charge in [0.05, 0.1) is 20.1 Å². The number of rotatable bonds is 9. The highest BCUT2D eigenvalue weighted by molar-refractivity contribution is 6.05. The second-order valence-electron chi connectivity index (χ2n) is 9.02. The number of ether oxygens (including phenoxy) is 2. The van der Waals surface area contributed by atoms with Crippen molar-refractivity contribution in [3.05, 3.63) is 81.8 Å². The first-order valence-electron chi connectivity index (χ1n) is 12.1. The molecule has 9 nitrogen and oxygen atoms in total. The average Bonchev–Trinajstić information content (AvgIpc) is 3.22. The fourth-order valence-corrected chi connectivity index (χ4v) is 4.45. The van der Waals surface area contributed by atoms with E-state index in [1.165, 1.54) is 7.11 Å². The van der Waals surface area contributed by atoms with Crippen molar-refractivity contribution in [3.63, 3.8) is 0 Å². The Morgan fingerprint density at radius 2 is 1.71 bits per heavy atom. The average molecular weight is 602 g/mol. The van der Waals surface area contributed by atoms with Crippen LogP contribution in [0.5, 0.6) is 11.5 Å². The molecule has 1 fully saturated rings. The molecule has 1 N–H and O–H groups in total. The molecular formula is C26H21F7N4O5. The topological polar surface area (TPSA) is 103 Å². The van der Waals surface area contributed by atoms with Gasteiger partial charge in [-0.2, -0.15) is 27.1 Å². The van der Waals surface area contributed by atoms with Crippen LogP contribution >= 0.6 is 0 Å². The lowest BCUT2D eigenvalue weighted by Gasteiger charge is -2.20. The van der Waals surface area contributed by atoms with Crippen LogP contribution in [0.2, 0.25) is 0 Å². The second-order valence-corrected chi connectivity index (χ2v) is 9.02. The number of nitrogens with one attached hydrogen (secondary N) is 1. The van der Waals surface area contributed by atoms with E-state index in [0.717, 1.165) is 53.6 Å². The van der Waals surface area contributed by atoms with Crippen LogP contribution in [0.3, 0.4) is 0 Å². The molecular weight excluding hydrogens is 581 g/mol. The number of hydrogen-bond acceptors (Lipinski definition) is 6. The SMILES string of the molecule is COc1cc(F)c([C@@H]2CN(c3ccnn(CCC(F)(F)F)c3=O)C(=O)[C@H]2NC(=O)c2ccc(OC(F)F)cc2)c(F)c1. The molecule has 3 aromatic rings. The Labute approximate surface area is 232 Å². The molecule has 16 heteroatoms. The summed E-state index contributed by atoms with van der Waals surface area (Å²) in [5.74, 6) is -6.05. The second kappa shape index (κ2) is 12.1. The summed E-state index contributed by atoms with van der Waals surface area (Å²) in [6.07, 6.45) is -5.00. The number of methoxy groups -OCH3 is 1. The first-order valence-corrected chi connectivity index (χ1v) is 12.1. The van der Waals surface area contributed by atoms with Crippen molar-refractivity contribution in [2.24, 2.45) is 0 Å². The number of carbonyl (C=O) groups is 2. The third-order valence-corrected chi connectivity index (χ3v) is 6.39. The first-order chi connectivity index (χ1) is 19.8. The Morgan fingerprint density at radius 1 is 1.07 bits per heavy atom. The Bertz CT molecular complexity index is 1510. The summed E-state index contributed by atoms with van der Waals surface area (Å²) in [5.41, 5.74) is -2.26.